The SMILES string of the molecule is CN=C(NCCCC1CC1)NCC(CC(C)C)N1CCOCC1. The summed E-state index contributed by atoms with van der Waals surface area (Å²) in [6.07, 6.45) is 6.73. The molecule has 23 heavy (non-hydrogen) atoms. The zero-order valence-electron chi connectivity index (χ0n) is 15.3. The maximum absolute atomic E-state index is 5.49. The first-order chi connectivity index (χ1) is 11.2. The van der Waals surface area contributed by atoms with Crippen LogP contribution in [-0.2, 0) is 4.74 Å². The van der Waals surface area contributed by atoms with E-state index in [4.69, 9.17) is 4.74 Å². The van der Waals surface area contributed by atoms with Gasteiger partial charge >= 0.3 is 0 Å². The van der Waals surface area contributed by atoms with Crippen LogP contribution in [0.4, 0.5) is 0 Å². The number of hydrogen-bond donors (Lipinski definition) is 2. The van der Waals surface area contributed by atoms with Gasteiger partial charge in [-0.25, -0.2) is 0 Å². The van der Waals surface area contributed by atoms with Gasteiger partial charge in [0.1, 0.15) is 0 Å². The molecule has 0 aromatic heterocycles. The lowest BCUT2D eigenvalue weighted by Crippen LogP contribution is -2.51. The monoisotopic (exact) mass is 324 g/mol. The minimum atomic E-state index is 0.559. The van der Waals surface area contributed by atoms with Crippen molar-refractivity contribution in [3.05, 3.63) is 0 Å². The van der Waals surface area contributed by atoms with Crippen LogP contribution in [-0.4, -0.2) is 63.3 Å². The summed E-state index contributed by atoms with van der Waals surface area (Å²) >= 11 is 0. The lowest BCUT2D eigenvalue weighted by molar-refractivity contribution is 0.0132. The summed E-state index contributed by atoms with van der Waals surface area (Å²) in [4.78, 5) is 6.93. The van der Waals surface area contributed by atoms with Crippen LogP contribution < -0.4 is 10.6 Å². The maximum Gasteiger partial charge on any atom is 0.191 e. The topological polar surface area (TPSA) is 48.9 Å². The molecule has 1 heterocycles. The first-order valence-corrected chi connectivity index (χ1v) is 9.45. The Labute approximate surface area is 142 Å². The molecular formula is C18H36N4O. The van der Waals surface area contributed by atoms with Gasteiger partial charge in [-0.3, -0.25) is 9.89 Å². The van der Waals surface area contributed by atoms with E-state index in [1.807, 2.05) is 7.05 Å². The van der Waals surface area contributed by atoms with Crippen LogP contribution in [0.15, 0.2) is 4.99 Å². The van der Waals surface area contributed by atoms with Crippen molar-refractivity contribution in [1.29, 1.82) is 0 Å². The van der Waals surface area contributed by atoms with Gasteiger partial charge in [0.15, 0.2) is 5.96 Å². The summed E-state index contributed by atoms with van der Waals surface area (Å²) in [6.45, 7) is 10.4. The maximum atomic E-state index is 5.49. The number of aliphatic imine (C=N–C) groups is 1. The molecule has 2 rings (SSSR count). The van der Waals surface area contributed by atoms with Crippen molar-refractivity contribution in [3.63, 3.8) is 0 Å². The van der Waals surface area contributed by atoms with Crippen molar-refractivity contribution in [1.82, 2.24) is 15.5 Å². The van der Waals surface area contributed by atoms with Gasteiger partial charge in [0.2, 0.25) is 0 Å². The van der Waals surface area contributed by atoms with E-state index < -0.39 is 0 Å². The standard InChI is InChI=1S/C18H36N4O/c1-15(2)13-17(22-9-11-23-12-10-22)14-21-18(19-3)20-8-4-5-16-6-7-16/h15-17H,4-14H2,1-3H3,(H2,19,20,21). The summed E-state index contributed by atoms with van der Waals surface area (Å²) < 4.78 is 5.49. The highest BCUT2D eigenvalue weighted by Gasteiger charge is 2.22. The number of rotatable bonds is 9. The summed E-state index contributed by atoms with van der Waals surface area (Å²) in [6, 6.07) is 0.559. The molecule has 0 spiro atoms. The number of guanidine groups is 1. The molecule has 2 fully saturated rings. The van der Waals surface area contributed by atoms with E-state index >= 15 is 0 Å². The van der Waals surface area contributed by atoms with Crippen molar-refractivity contribution < 1.29 is 4.74 Å². The van der Waals surface area contributed by atoms with E-state index in [1.54, 1.807) is 0 Å². The first-order valence-electron chi connectivity index (χ1n) is 9.45. The van der Waals surface area contributed by atoms with Crippen molar-refractivity contribution in [2.24, 2.45) is 16.8 Å². The Morgan fingerprint density at radius 1 is 1.22 bits per heavy atom. The largest absolute Gasteiger partial charge is 0.379 e. The van der Waals surface area contributed by atoms with Crippen LogP contribution in [0.3, 0.4) is 0 Å². The van der Waals surface area contributed by atoms with E-state index in [1.165, 1.54) is 32.1 Å². The lowest BCUT2D eigenvalue weighted by Gasteiger charge is -2.35. The van der Waals surface area contributed by atoms with Gasteiger partial charge in [-0.1, -0.05) is 26.7 Å². The highest BCUT2D eigenvalue weighted by Crippen LogP contribution is 2.33. The summed E-state index contributed by atoms with van der Waals surface area (Å²) in [5, 5.41) is 6.99. The van der Waals surface area contributed by atoms with Crippen LogP contribution in [0.25, 0.3) is 0 Å². The average Bonchev–Trinajstić information content (AvgIpc) is 3.37. The van der Waals surface area contributed by atoms with Gasteiger partial charge < -0.3 is 15.4 Å². The Morgan fingerprint density at radius 2 is 1.96 bits per heavy atom. The molecule has 1 saturated heterocycles. The third-order valence-corrected chi connectivity index (χ3v) is 4.81. The fourth-order valence-corrected chi connectivity index (χ4v) is 3.29. The van der Waals surface area contributed by atoms with Gasteiger partial charge in [-0.05, 0) is 31.1 Å². The zero-order valence-corrected chi connectivity index (χ0v) is 15.3. The molecule has 5 nitrogen and oxygen atoms in total. The minimum Gasteiger partial charge on any atom is -0.379 e. The normalized spacial score (nSPS) is 21.5. The average molecular weight is 325 g/mol. The quantitative estimate of drug-likeness (QED) is 0.387. The van der Waals surface area contributed by atoms with Crippen LogP contribution in [0.5, 0.6) is 0 Å². The Hall–Kier alpha value is -0.810. The van der Waals surface area contributed by atoms with Crippen LogP contribution >= 0.6 is 0 Å². The van der Waals surface area contributed by atoms with Crippen LogP contribution in [0.2, 0.25) is 0 Å². The van der Waals surface area contributed by atoms with Gasteiger partial charge in [-0.2, -0.15) is 0 Å². The second kappa shape index (κ2) is 10.1. The molecule has 1 aliphatic heterocycles. The molecule has 1 atom stereocenters. The number of nitrogens with one attached hydrogen (secondary N) is 2. The van der Waals surface area contributed by atoms with E-state index in [-0.39, 0.29) is 0 Å². The van der Waals surface area contributed by atoms with E-state index in [0.717, 1.165) is 51.3 Å². The number of nitrogens with zero attached hydrogens (tertiary/aromatic N) is 2. The molecule has 2 aliphatic rings. The summed E-state index contributed by atoms with van der Waals surface area (Å²) in [7, 11) is 1.86. The summed E-state index contributed by atoms with van der Waals surface area (Å²) in [5.74, 6) is 2.67. The van der Waals surface area contributed by atoms with Crippen molar-refractivity contribution in [3.8, 4) is 0 Å². The Morgan fingerprint density at radius 3 is 2.57 bits per heavy atom. The first kappa shape index (κ1) is 18.5. The van der Waals surface area contributed by atoms with Crippen molar-refractivity contribution in [2.75, 3.05) is 46.4 Å². The van der Waals surface area contributed by atoms with Crippen LogP contribution in [0.1, 0.15) is 46.0 Å². The highest BCUT2D eigenvalue weighted by molar-refractivity contribution is 5.79. The molecule has 5 heteroatoms. The molecule has 0 amide bonds. The van der Waals surface area contributed by atoms with Gasteiger partial charge in [0.05, 0.1) is 13.2 Å². The number of ether oxygens (including phenoxy) is 1. The molecule has 1 unspecified atom stereocenters. The lowest BCUT2D eigenvalue weighted by atomic mass is 10.0. The number of morpholine rings is 1. The predicted molar refractivity (Wildman–Crippen MR) is 97.0 cm³/mol. The van der Waals surface area contributed by atoms with Gasteiger partial charge in [0.25, 0.3) is 0 Å². The minimum absolute atomic E-state index is 0.559. The molecule has 1 aliphatic carbocycles. The fourth-order valence-electron chi connectivity index (χ4n) is 3.29. The van der Waals surface area contributed by atoms with E-state index in [0.29, 0.717) is 12.0 Å². The molecule has 1 saturated carbocycles. The van der Waals surface area contributed by atoms with E-state index in [2.05, 4.69) is 34.4 Å². The molecule has 0 radical (unpaired) electrons. The number of hydrogen-bond acceptors (Lipinski definition) is 3. The third kappa shape index (κ3) is 7.53. The molecular weight excluding hydrogens is 288 g/mol. The molecule has 134 valence electrons. The third-order valence-electron chi connectivity index (χ3n) is 4.81. The second-order valence-electron chi connectivity index (χ2n) is 7.40. The Balaban J connectivity index is 1.70. The molecule has 0 bridgehead atoms. The molecule has 0 aromatic rings. The fraction of sp³-hybridized carbons (Fsp3) is 0.944. The van der Waals surface area contributed by atoms with Gasteiger partial charge in [-0.15, -0.1) is 0 Å². The Kier molecular flexibility index (Phi) is 8.17. The Bertz CT molecular complexity index is 349. The van der Waals surface area contributed by atoms with Crippen molar-refractivity contribution >= 4 is 5.96 Å². The molecule has 0 aromatic carbocycles. The van der Waals surface area contributed by atoms with E-state index in [9.17, 15) is 0 Å². The van der Waals surface area contributed by atoms with Crippen LogP contribution in [0, 0.1) is 11.8 Å². The summed E-state index contributed by atoms with van der Waals surface area (Å²) in [5.41, 5.74) is 0. The smallest absolute Gasteiger partial charge is 0.191 e. The predicted octanol–water partition coefficient (Wildman–Crippen LogP) is 2.09. The second-order valence-corrected chi connectivity index (χ2v) is 7.40. The zero-order chi connectivity index (χ0) is 16.5. The highest BCUT2D eigenvalue weighted by atomic mass is 16.5. The van der Waals surface area contributed by atoms with Gasteiger partial charge in [0, 0.05) is 39.3 Å². The molecule has 2 N–H and O–H groups in total. The van der Waals surface area contributed by atoms with Crippen molar-refractivity contribution in [2.45, 2.75) is 52.0 Å².